The molecule has 5 rings (SSSR count). The van der Waals surface area contributed by atoms with Crippen molar-refractivity contribution < 1.29 is 18.7 Å². The first-order chi connectivity index (χ1) is 17.5. The summed E-state index contributed by atoms with van der Waals surface area (Å²) in [7, 11) is 0. The summed E-state index contributed by atoms with van der Waals surface area (Å²) >= 11 is 0. The highest BCUT2D eigenvalue weighted by Crippen LogP contribution is 2.26. The van der Waals surface area contributed by atoms with Gasteiger partial charge in [-0.25, -0.2) is 4.79 Å². The molecular weight excluding hydrogens is 452 g/mol. The van der Waals surface area contributed by atoms with Gasteiger partial charge >= 0.3 is 5.97 Å². The summed E-state index contributed by atoms with van der Waals surface area (Å²) in [6.07, 6.45) is 4.29. The molecule has 0 saturated carbocycles. The van der Waals surface area contributed by atoms with E-state index in [1.807, 2.05) is 73.7 Å². The van der Waals surface area contributed by atoms with Crippen molar-refractivity contribution in [3.05, 3.63) is 131 Å². The van der Waals surface area contributed by atoms with E-state index >= 15 is 0 Å². The first-order valence-corrected chi connectivity index (χ1v) is 11.4. The molecule has 0 atom stereocenters. The molecule has 0 bridgehead atoms. The lowest BCUT2D eigenvalue weighted by atomic mass is 10.1. The third-order valence-electron chi connectivity index (χ3n) is 5.61. The largest absolute Gasteiger partial charge is 0.460 e. The fourth-order valence-electron chi connectivity index (χ4n) is 3.69. The van der Waals surface area contributed by atoms with Crippen LogP contribution in [0.4, 0.5) is 0 Å². The van der Waals surface area contributed by atoms with E-state index in [0.717, 1.165) is 22.3 Å². The number of carbonyl (C=O) groups is 1. The Morgan fingerprint density at radius 2 is 1.50 bits per heavy atom. The number of hydrogen-bond acceptors (Lipinski definition) is 5. The highest BCUT2D eigenvalue weighted by molar-refractivity contribution is 5.89. The quantitative estimate of drug-likeness (QED) is 0.148. The average molecular weight is 475 g/mol. The minimum atomic E-state index is -0.531. The molecule has 176 valence electrons. The van der Waals surface area contributed by atoms with Crippen molar-refractivity contribution in [1.29, 1.82) is 0 Å². The average Bonchev–Trinajstić information content (AvgIpc) is 2.91. The number of ether oxygens (including phenoxy) is 2. The Hall–Kier alpha value is -4.90. The van der Waals surface area contributed by atoms with Crippen molar-refractivity contribution >= 4 is 23.0 Å². The maximum Gasteiger partial charge on any atom is 0.336 e. The van der Waals surface area contributed by atoms with Gasteiger partial charge in [0.05, 0.1) is 5.39 Å². The monoisotopic (exact) mass is 474 g/mol. The first-order valence-electron chi connectivity index (χ1n) is 11.4. The van der Waals surface area contributed by atoms with Crippen LogP contribution < -0.4 is 14.9 Å². The molecule has 1 aromatic heterocycles. The lowest BCUT2D eigenvalue weighted by Gasteiger charge is -2.08. The third kappa shape index (κ3) is 5.26. The maximum atomic E-state index is 12.9. The second kappa shape index (κ2) is 10.2. The molecule has 0 unspecified atom stereocenters. The van der Waals surface area contributed by atoms with Crippen LogP contribution in [0.25, 0.3) is 28.2 Å². The summed E-state index contributed by atoms with van der Waals surface area (Å²) in [6, 6.07) is 29.8. The minimum Gasteiger partial charge on any atom is -0.460 e. The van der Waals surface area contributed by atoms with Gasteiger partial charge in [-0.1, -0.05) is 72.3 Å². The summed E-state index contributed by atoms with van der Waals surface area (Å²) < 4.78 is 16.8. The SMILES string of the molecule is Cc1ccc(/C=C/C(=O)Oc2ccc3c(=O)c(Oc4ccc(-c5ccccc5)cc4)coc3c2)cc1. The van der Waals surface area contributed by atoms with Crippen molar-refractivity contribution in [3.8, 4) is 28.4 Å². The number of fused-ring (bicyclic) bond motifs is 1. The van der Waals surface area contributed by atoms with E-state index in [4.69, 9.17) is 13.9 Å². The Bertz CT molecular complexity index is 1600. The molecule has 0 fully saturated rings. The number of rotatable bonds is 6. The highest BCUT2D eigenvalue weighted by Gasteiger charge is 2.11. The van der Waals surface area contributed by atoms with Crippen LogP contribution in [-0.2, 0) is 4.79 Å². The molecule has 0 amide bonds. The second-order valence-electron chi connectivity index (χ2n) is 8.24. The van der Waals surface area contributed by atoms with Gasteiger partial charge in [-0.2, -0.15) is 0 Å². The zero-order chi connectivity index (χ0) is 24.9. The molecule has 0 spiro atoms. The standard InChI is InChI=1S/C31H22O5/c1-21-7-9-22(10-8-21)11-18-30(32)36-26-16-17-27-28(19-26)34-20-29(31(27)33)35-25-14-12-24(13-15-25)23-5-3-2-4-6-23/h2-20H,1H3/b18-11+. The first kappa shape index (κ1) is 22.9. The van der Waals surface area contributed by atoms with Gasteiger partial charge in [-0.15, -0.1) is 0 Å². The van der Waals surface area contributed by atoms with Crippen LogP contribution in [0.1, 0.15) is 11.1 Å². The Morgan fingerprint density at radius 3 is 2.25 bits per heavy atom. The highest BCUT2D eigenvalue weighted by atomic mass is 16.5. The van der Waals surface area contributed by atoms with E-state index in [1.165, 1.54) is 18.4 Å². The molecule has 5 heteroatoms. The third-order valence-corrected chi connectivity index (χ3v) is 5.61. The van der Waals surface area contributed by atoms with Crippen molar-refractivity contribution in [2.75, 3.05) is 0 Å². The van der Waals surface area contributed by atoms with Crippen LogP contribution in [0.3, 0.4) is 0 Å². The zero-order valence-electron chi connectivity index (χ0n) is 19.5. The normalized spacial score (nSPS) is 11.0. The minimum absolute atomic E-state index is 0.0701. The number of aryl methyl sites for hydroxylation is 1. The van der Waals surface area contributed by atoms with Crippen LogP contribution in [0.2, 0.25) is 0 Å². The van der Waals surface area contributed by atoms with E-state index < -0.39 is 5.97 Å². The van der Waals surface area contributed by atoms with E-state index in [9.17, 15) is 9.59 Å². The smallest absolute Gasteiger partial charge is 0.336 e. The summed E-state index contributed by atoms with van der Waals surface area (Å²) in [6.45, 7) is 2.00. The lowest BCUT2D eigenvalue weighted by Crippen LogP contribution is -2.06. The van der Waals surface area contributed by atoms with Gasteiger partial charge in [-0.3, -0.25) is 4.79 Å². The van der Waals surface area contributed by atoms with Gasteiger partial charge in [0.25, 0.3) is 0 Å². The molecule has 1 heterocycles. The number of hydrogen-bond donors (Lipinski definition) is 0. The van der Waals surface area contributed by atoms with Crippen molar-refractivity contribution in [3.63, 3.8) is 0 Å². The molecule has 0 aliphatic heterocycles. The van der Waals surface area contributed by atoms with Gasteiger partial charge in [0.2, 0.25) is 11.2 Å². The summed E-state index contributed by atoms with van der Waals surface area (Å²) in [5, 5.41) is 0.323. The van der Waals surface area contributed by atoms with Crippen LogP contribution >= 0.6 is 0 Å². The number of benzene rings is 4. The Balaban J connectivity index is 1.29. The van der Waals surface area contributed by atoms with E-state index in [2.05, 4.69) is 0 Å². The van der Waals surface area contributed by atoms with E-state index in [0.29, 0.717) is 16.7 Å². The van der Waals surface area contributed by atoms with Crippen molar-refractivity contribution in [2.45, 2.75) is 6.92 Å². The molecule has 0 saturated heterocycles. The molecular formula is C31H22O5. The molecule has 0 N–H and O–H groups in total. The Labute approximate surface area is 207 Å². The predicted octanol–water partition coefficient (Wildman–Crippen LogP) is 7.18. The lowest BCUT2D eigenvalue weighted by molar-refractivity contribution is -0.128. The zero-order valence-corrected chi connectivity index (χ0v) is 19.5. The summed E-state index contributed by atoms with van der Waals surface area (Å²) in [4.78, 5) is 25.1. The Morgan fingerprint density at radius 1 is 0.806 bits per heavy atom. The van der Waals surface area contributed by atoms with Gasteiger partial charge in [0.1, 0.15) is 23.3 Å². The molecule has 0 aliphatic rings. The maximum absolute atomic E-state index is 12.9. The van der Waals surface area contributed by atoms with Crippen molar-refractivity contribution in [2.24, 2.45) is 0 Å². The molecule has 5 aromatic rings. The number of carbonyl (C=O) groups excluding carboxylic acids is 1. The van der Waals surface area contributed by atoms with Gasteiger partial charge in [0, 0.05) is 12.1 Å². The van der Waals surface area contributed by atoms with Crippen LogP contribution in [-0.4, -0.2) is 5.97 Å². The fraction of sp³-hybridized carbons (Fsp3) is 0.0323. The van der Waals surface area contributed by atoms with Crippen molar-refractivity contribution in [1.82, 2.24) is 0 Å². The topological polar surface area (TPSA) is 65.7 Å². The van der Waals surface area contributed by atoms with Gasteiger partial charge in [-0.05, 0) is 54.0 Å². The van der Waals surface area contributed by atoms with Crippen LogP contribution in [0, 0.1) is 6.92 Å². The van der Waals surface area contributed by atoms with E-state index in [-0.39, 0.29) is 16.9 Å². The van der Waals surface area contributed by atoms with Crippen LogP contribution in [0.5, 0.6) is 17.2 Å². The fourth-order valence-corrected chi connectivity index (χ4v) is 3.69. The molecule has 0 aliphatic carbocycles. The molecule has 0 radical (unpaired) electrons. The second-order valence-corrected chi connectivity index (χ2v) is 8.24. The van der Waals surface area contributed by atoms with E-state index in [1.54, 1.807) is 30.3 Å². The number of esters is 1. The van der Waals surface area contributed by atoms with Gasteiger partial charge < -0.3 is 13.9 Å². The molecule has 4 aromatic carbocycles. The van der Waals surface area contributed by atoms with Crippen LogP contribution in [0.15, 0.2) is 119 Å². The Kier molecular flexibility index (Phi) is 6.45. The van der Waals surface area contributed by atoms with Gasteiger partial charge in [0.15, 0.2) is 0 Å². The molecule has 5 nitrogen and oxygen atoms in total. The molecule has 36 heavy (non-hydrogen) atoms. The predicted molar refractivity (Wildman–Crippen MR) is 140 cm³/mol. The summed E-state index contributed by atoms with van der Waals surface area (Å²) in [5.74, 6) is 0.332. The summed E-state index contributed by atoms with van der Waals surface area (Å²) in [5.41, 5.74) is 4.15.